The second-order valence-electron chi connectivity index (χ2n) is 3.04. The highest BCUT2D eigenvalue weighted by atomic mass is 127. The number of hydrogen-bond acceptors (Lipinski definition) is 1. The van der Waals surface area contributed by atoms with Crippen molar-refractivity contribution in [2.24, 2.45) is 0 Å². The van der Waals surface area contributed by atoms with Crippen LogP contribution in [0.15, 0.2) is 24.3 Å². The van der Waals surface area contributed by atoms with Crippen LogP contribution >= 0.6 is 34.2 Å². The lowest BCUT2D eigenvalue weighted by molar-refractivity contribution is 0.0716. The molecule has 0 spiro atoms. The number of halogens is 2. The van der Waals surface area contributed by atoms with Gasteiger partial charge in [-0.25, -0.2) is 0 Å². The highest BCUT2D eigenvalue weighted by Crippen LogP contribution is 2.26. The number of hydrogen-bond donors (Lipinski definition) is 0. The highest BCUT2D eigenvalue weighted by Gasteiger charge is 2.12. The summed E-state index contributed by atoms with van der Waals surface area (Å²) in [6.07, 6.45) is 1.17. The molecule has 1 rings (SSSR count). The molecule has 1 unspecified atom stereocenters. The van der Waals surface area contributed by atoms with Crippen molar-refractivity contribution < 1.29 is 4.74 Å². The first-order valence-electron chi connectivity index (χ1n) is 4.71. The smallest absolute Gasteiger partial charge is 0.0928 e. The molecule has 0 aliphatic heterocycles. The monoisotopic (exact) mass is 324 g/mol. The summed E-state index contributed by atoms with van der Waals surface area (Å²) >= 11 is 8.42. The maximum Gasteiger partial charge on any atom is 0.0928 e. The Balaban J connectivity index is 2.73. The average molecular weight is 325 g/mol. The van der Waals surface area contributed by atoms with Crippen LogP contribution in [0, 0.1) is 0 Å². The van der Waals surface area contributed by atoms with Gasteiger partial charge in [0.1, 0.15) is 0 Å². The predicted molar refractivity (Wildman–Crippen MR) is 69.3 cm³/mol. The maximum absolute atomic E-state index is 6.09. The van der Waals surface area contributed by atoms with E-state index in [0.717, 1.165) is 28.0 Å². The van der Waals surface area contributed by atoms with Crippen LogP contribution in [0.3, 0.4) is 0 Å². The summed E-state index contributed by atoms with van der Waals surface area (Å²) in [4.78, 5) is 0. The van der Waals surface area contributed by atoms with E-state index in [2.05, 4.69) is 29.5 Å². The Kier molecular flexibility index (Phi) is 5.82. The molecule has 78 valence electrons. The van der Waals surface area contributed by atoms with Crippen LogP contribution in [-0.4, -0.2) is 11.0 Å². The molecule has 0 heterocycles. The molecule has 0 aliphatic carbocycles. The van der Waals surface area contributed by atoms with Gasteiger partial charge in [0.25, 0.3) is 0 Å². The summed E-state index contributed by atoms with van der Waals surface area (Å²) in [5, 5.41) is 0.797. The van der Waals surface area contributed by atoms with Crippen molar-refractivity contribution in [1.29, 1.82) is 0 Å². The van der Waals surface area contributed by atoms with Gasteiger partial charge >= 0.3 is 0 Å². The van der Waals surface area contributed by atoms with E-state index in [1.54, 1.807) is 0 Å². The van der Waals surface area contributed by atoms with Crippen molar-refractivity contribution in [3.8, 4) is 0 Å². The number of benzene rings is 1. The number of rotatable bonds is 5. The van der Waals surface area contributed by atoms with E-state index in [1.807, 2.05) is 24.3 Å². The zero-order chi connectivity index (χ0) is 10.4. The molecule has 0 saturated carbocycles. The molecule has 0 aliphatic rings. The zero-order valence-electron chi connectivity index (χ0n) is 8.17. The van der Waals surface area contributed by atoms with Gasteiger partial charge in [-0.1, -0.05) is 59.3 Å². The van der Waals surface area contributed by atoms with Crippen LogP contribution in [-0.2, 0) is 4.74 Å². The molecule has 0 N–H and O–H groups in total. The van der Waals surface area contributed by atoms with E-state index < -0.39 is 0 Å². The lowest BCUT2D eigenvalue weighted by Crippen LogP contribution is -2.07. The summed E-state index contributed by atoms with van der Waals surface area (Å²) in [6.45, 7) is 2.90. The van der Waals surface area contributed by atoms with E-state index in [4.69, 9.17) is 16.3 Å². The Morgan fingerprint density at radius 1 is 1.43 bits per heavy atom. The summed E-state index contributed by atoms with van der Waals surface area (Å²) < 4.78 is 6.65. The van der Waals surface area contributed by atoms with E-state index in [0.29, 0.717) is 0 Å². The summed E-state index contributed by atoms with van der Waals surface area (Å²) in [6, 6.07) is 7.87. The van der Waals surface area contributed by atoms with Gasteiger partial charge in [0.15, 0.2) is 0 Å². The fourth-order valence-corrected chi connectivity index (χ4v) is 2.20. The Labute approximate surface area is 104 Å². The molecular weight excluding hydrogens is 310 g/mol. The molecule has 14 heavy (non-hydrogen) atoms. The number of alkyl halides is 1. The summed E-state index contributed by atoms with van der Waals surface area (Å²) in [7, 11) is 0. The maximum atomic E-state index is 6.09. The molecule has 0 saturated heterocycles. The van der Waals surface area contributed by atoms with Gasteiger partial charge in [0.05, 0.1) is 6.10 Å². The highest BCUT2D eigenvalue weighted by molar-refractivity contribution is 14.1. The Morgan fingerprint density at radius 2 is 2.14 bits per heavy atom. The van der Waals surface area contributed by atoms with Crippen molar-refractivity contribution in [3.05, 3.63) is 34.9 Å². The molecule has 1 aromatic rings. The van der Waals surface area contributed by atoms with E-state index >= 15 is 0 Å². The average Bonchev–Trinajstić information content (AvgIpc) is 2.21. The van der Waals surface area contributed by atoms with Crippen LogP contribution in [0.5, 0.6) is 0 Å². The fourth-order valence-electron chi connectivity index (χ4n) is 1.21. The van der Waals surface area contributed by atoms with Gasteiger partial charge in [0.2, 0.25) is 0 Å². The summed E-state index contributed by atoms with van der Waals surface area (Å²) in [5.74, 6) is 0. The minimum absolute atomic E-state index is 0.129. The van der Waals surface area contributed by atoms with Crippen LogP contribution in [0.2, 0.25) is 5.02 Å². The van der Waals surface area contributed by atoms with Crippen LogP contribution in [0.1, 0.15) is 25.0 Å². The lowest BCUT2D eigenvalue weighted by atomic mass is 10.1. The van der Waals surface area contributed by atoms with Gasteiger partial charge in [0, 0.05) is 21.6 Å². The minimum atomic E-state index is 0.129. The second-order valence-corrected chi connectivity index (χ2v) is 4.32. The predicted octanol–water partition coefficient (Wildman–Crippen LogP) is 4.24. The minimum Gasteiger partial charge on any atom is -0.373 e. The van der Waals surface area contributed by atoms with Crippen molar-refractivity contribution in [2.45, 2.75) is 19.4 Å². The van der Waals surface area contributed by atoms with Crippen LogP contribution < -0.4 is 0 Å². The van der Waals surface area contributed by atoms with Gasteiger partial charge in [-0.15, -0.1) is 0 Å². The molecule has 0 bridgehead atoms. The number of ether oxygens (including phenoxy) is 1. The van der Waals surface area contributed by atoms with Crippen molar-refractivity contribution in [3.63, 3.8) is 0 Å². The quantitative estimate of drug-likeness (QED) is 0.581. The Bertz CT molecular complexity index is 278. The lowest BCUT2D eigenvalue weighted by Gasteiger charge is -2.16. The van der Waals surface area contributed by atoms with Crippen molar-refractivity contribution >= 4 is 34.2 Å². The first-order valence-corrected chi connectivity index (χ1v) is 6.62. The van der Waals surface area contributed by atoms with Gasteiger partial charge < -0.3 is 4.74 Å². The molecule has 0 fully saturated rings. The molecule has 1 atom stereocenters. The topological polar surface area (TPSA) is 9.23 Å². The first-order chi connectivity index (χ1) is 6.79. The normalized spacial score (nSPS) is 12.8. The molecule has 0 radical (unpaired) electrons. The van der Waals surface area contributed by atoms with Crippen LogP contribution in [0.25, 0.3) is 0 Å². The SMILES string of the molecule is CCCOC(CI)c1ccccc1Cl. The van der Waals surface area contributed by atoms with Crippen molar-refractivity contribution in [2.75, 3.05) is 11.0 Å². The van der Waals surface area contributed by atoms with Crippen LogP contribution in [0.4, 0.5) is 0 Å². The third kappa shape index (κ3) is 3.41. The molecule has 0 amide bonds. The molecule has 1 aromatic carbocycles. The third-order valence-corrected chi connectivity index (χ3v) is 3.06. The van der Waals surface area contributed by atoms with E-state index in [-0.39, 0.29) is 6.10 Å². The molecule has 3 heteroatoms. The first kappa shape index (κ1) is 12.3. The van der Waals surface area contributed by atoms with Gasteiger partial charge in [-0.05, 0) is 12.5 Å². The van der Waals surface area contributed by atoms with Gasteiger partial charge in [-0.2, -0.15) is 0 Å². The standard InChI is InChI=1S/C11H14ClIO/c1-2-7-14-11(8-13)9-5-3-4-6-10(9)12/h3-6,11H,2,7-8H2,1H3. The van der Waals surface area contributed by atoms with E-state index in [1.165, 1.54) is 0 Å². The fraction of sp³-hybridized carbons (Fsp3) is 0.455. The van der Waals surface area contributed by atoms with E-state index in [9.17, 15) is 0 Å². The Morgan fingerprint density at radius 3 is 2.71 bits per heavy atom. The zero-order valence-corrected chi connectivity index (χ0v) is 11.1. The third-order valence-electron chi connectivity index (χ3n) is 1.92. The Hall–Kier alpha value is 0.200. The van der Waals surface area contributed by atoms with Crippen molar-refractivity contribution in [1.82, 2.24) is 0 Å². The molecule has 0 aromatic heterocycles. The molecule has 1 nitrogen and oxygen atoms in total. The largest absolute Gasteiger partial charge is 0.373 e. The van der Waals surface area contributed by atoms with Gasteiger partial charge in [-0.3, -0.25) is 0 Å². The second kappa shape index (κ2) is 6.64. The molecular formula is C11H14ClIO. The summed E-state index contributed by atoms with van der Waals surface area (Å²) in [5.41, 5.74) is 1.09.